The van der Waals surface area contributed by atoms with E-state index in [0.717, 1.165) is 15.6 Å². The molecule has 0 fully saturated rings. The Morgan fingerprint density at radius 3 is 2.67 bits per heavy atom. The summed E-state index contributed by atoms with van der Waals surface area (Å²) >= 11 is 0. The Morgan fingerprint density at radius 1 is 1.17 bits per heavy atom. The largest absolute Gasteiger partial charge is 0.324 e. The van der Waals surface area contributed by atoms with Crippen molar-refractivity contribution < 1.29 is 4.79 Å². The average Bonchev–Trinajstić information content (AvgIpc) is 2.60. The lowest BCUT2D eigenvalue weighted by molar-refractivity contribution is -0.117. The van der Waals surface area contributed by atoms with E-state index in [2.05, 4.69) is 16.5 Å². The van der Waals surface area contributed by atoms with E-state index >= 15 is 0 Å². The number of rotatable bonds is 4. The summed E-state index contributed by atoms with van der Waals surface area (Å²) in [6.07, 6.45) is 1.89. The van der Waals surface area contributed by atoms with Gasteiger partial charge in [0, 0.05) is 11.1 Å². The number of carbonyl (C=O) groups excluding carboxylic acids is 1. The molecule has 0 aliphatic rings. The molecule has 2 aromatic carbocycles. The zero-order valence-corrected chi connectivity index (χ0v) is 12.8. The second-order valence-corrected chi connectivity index (χ2v) is 5.27. The summed E-state index contributed by atoms with van der Waals surface area (Å²) < 4.78 is 1.14. The minimum Gasteiger partial charge on any atom is -0.324 e. The molecule has 3 rings (SSSR count). The summed E-state index contributed by atoms with van der Waals surface area (Å²) in [4.78, 5) is 24.4. The maximum Gasteiger partial charge on any atom is 0.275 e. The van der Waals surface area contributed by atoms with Gasteiger partial charge < -0.3 is 5.32 Å². The van der Waals surface area contributed by atoms with E-state index in [1.54, 1.807) is 48.7 Å². The molecule has 24 heavy (non-hydrogen) atoms. The molecule has 0 radical (unpaired) electrons. The fraction of sp³-hybridized carbons (Fsp3) is 0.111. The van der Waals surface area contributed by atoms with E-state index in [9.17, 15) is 9.59 Å². The first-order valence-electron chi connectivity index (χ1n) is 7.38. The normalized spacial score (nSPS) is 10.3. The van der Waals surface area contributed by atoms with Crippen LogP contribution in [0.5, 0.6) is 0 Å². The zero-order chi connectivity index (χ0) is 16.9. The van der Waals surface area contributed by atoms with Crippen LogP contribution in [0.1, 0.15) is 5.56 Å². The van der Waals surface area contributed by atoms with Gasteiger partial charge >= 0.3 is 0 Å². The van der Waals surface area contributed by atoms with Gasteiger partial charge in [-0.1, -0.05) is 30.3 Å². The smallest absolute Gasteiger partial charge is 0.275 e. The number of nitriles is 1. The van der Waals surface area contributed by atoms with Gasteiger partial charge in [0.2, 0.25) is 5.91 Å². The molecule has 1 aromatic heterocycles. The third-order valence-corrected chi connectivity index (χ3v) is 3.58. The summed E-state index contributed by atoms with van der Waals surface area (Å²) in [6, 6.07) is 16.2. The highest BCUT2D eigenvalue weighted by molar-refractivity contribution is 5.90. The highest BCUT2D eigenvalue weighted by atomic mass is 16.2. The molecule has 0 aliphatic heterocycles. The number of aromatic nitrogens is 2. The monoisotopic (exact) mass is 318 g/mol. The van der Waals surface area contributed by atoms with Gasteiger partial charge in [-0.2, -0.15) is 10.4 Å². The quantitative estimate of drug-likeness (QED) is 0.798. The van der Waals surface area contributed by atoms with Crippen molar-refractivity contribution in [2.24, 2.45) is 0 Å². The first-order chi connectivity index (χ1) is 11.7. The molecule has 0 spiro atoms. The third kappa shape index (κ3) is 3.31. The number of nitrogens with zero attached hydrogens (tertiary/aromatic N) is 3. The van der Waals surface area contributed by atoms with Crippen molar-refractivity contribution in [3.8, 4) is 6.07 Å². The van der Waals surface area contributed by atoms with Gasteiger partial charge in [-0.15, -0.1) is 0 Å². The molecule has 1 amide bonds. The van der Waals surface area contributed by atoms with Crippen molar-refractivity contribution in [2.75, 3.05) is 5.32 Å². The fourth-order valence-electron chi connectivity index (χ4n) is 2.37. The number of nitrogens with one attached hydrogen (secondary N) is 1. The summed E-state index contributed by atoms with van der Waals surface area (Å²) in [7, 11) is 0. The predicted molar refractivity (Wildman–Crippen MR) is 90.4 cm³/mol. The number of hydrogen-bond acceptors (Lipinski definition) is 4. The number of anilines is 1. The van der Waals surface area contributed by atoms with E-state index in [0.29, 0.717) is 17.5 Å². The fourth-order valence-corrected chi connectivity index (χ4v) is 2.37. The Hall–Kier alpha value is -3.46. The molecule has 0 aliphatic carbocycles. The Bertz CT molecular complexity index is 984. The Labute approximate surface area is 138 Å². The number of hydrogen-bond donors (Lipinski definition) is 1. The van der Waals surface area contributed by atoms with E-state index in [-0.39, 0.29) is 18.0 Å². The van der Waals surface area contributed by atoms with Crippen molar-refractivity contribution in [2.45, 2.75) is 13.0 Å². The topological polar surface area (TPSA) is 87.8 Å². The van der Waals surface area contributed by atoms with E-state index in [1.165, 1.54) is 0 Å². The van der Waals surface area contributed by atoms with Crippen molar-refractivity contribution in [3.05, 3.63) is 70.6 Å². The van der Waals surface area contributed by atoms with E-state index < -0.39 is 0 Å². The second kappa shape index (κ2) is 6.75. The molecule has 6 heteroatoms. The molecule has 1 heterocycles. The Kier molecular flexibility index (Phi) is 4.34. The lowest BCUT2D eigenvalue weighted by atomic mass is 10.1. The summed E-state index contributed by atoms with van der Waals surface area (Å²) in [5, 5.41) is 16.7. The molecule has 3 aromatic rings. The van der Waals surface area contributed by atoms with Crippen molar-refractivity contribution in [1.29, 1.82) is 5.26 Å². The molecule has 6 nitrogen and oxygen atoms in total. The van der Waals surface area contributed by atoms with Crippen LogP contribution in [0.4, 0.5) is 5.69 Å². The van der Waals surface area contributed by atoms with Crippen LogP contribution < -0.4 is 10.9 Å². The lowest BCUT2D eigenvalue weighted by Crippen LogP contribution is -2.29. The standard InChI is InChI=1S/C18H14N4O2/c19-10-9-13-5-7-15(8-6-13)21-17(23)12-22-18(24)16-4-2-1-3-14(16)11-20-22/h1-8,11H,9,12H2,(H,21,23). The van der Waals surface area contributed by atoms with Crippen LogP contribution in [0.15, 0.2) is 59.5 Å². The average molecular weight is 318 g/mol. The summed E-state index contributed by atoms with van der Waals surface area (Å²) in [5.74, 6) is -0.340. The van der Waals surface area contributed by atoms with Crippen LogP contribution in [0.2, 0.25) is 0 Å². The van der Waals surface area contributed by atoms with Crippen LogP contribution in [0.3, 0.4) is 0 Å². The van der Waals surface area contributed by atoms with E-state index in [1.807, 2.05) is 6.07 Å². The Balaban J connectivity index is 1.74. The van der Waals surface area contributed by atoms with Gasteiger partial charge in [0.05, 0.1) is 24.1 Å². The Morgan fingerprint density at radius 2 is 1.92 bits per heavy atom. The molecule has 1 N–H and O–H groups in total. The minimum absolute atomic E-state index is 0.163. The maximum absolute atomic E-state index is 12.3. The predicted octanol–water partition coefficient (Wildman–Crippen LogP) is 2.10. The minimum atomic E-state index is -0.340. The lowest BCUT2D eigenvalue weighted by Gasteiger charge is -2.08. The number of carbonyl (C=O) groups is 1. The van der Waals surface area contributed by atoms with Crippen LogP contribution in [0.25, 0.3) is 10.8 Å². The summed E-state index contributed by atoms with van der Waals surface area (Å²) in [5.41, 5.74) is 1.19. The highest BCUT2D eigenvalue weighted by Crippen LogP contribution is 2.10. The zero-order valence-electron chi connectivity index (χ0n) is 12.8. The number of benzene rings is 2. The molecule has 0 bridgehead atoms. The van der Waals surface area contributed by atoms with Crippen molar-refractivity contribution >= 4 is 22.4 Å². The molecule has 0 unspecified atom stereocenters. The van der Waals surface area contributed by atoms with Crippen LogP contribution in [-0.2, 0) is 17.8 Å². The van der Waals surface area contributed by atoms with Gasteiger partial charge in [0.1, 0.15) is 6.54 Å². The van der Waals surface area contributed by atoms with Crippen LogP contribution in [0, 0.1) is 11.3 Å². The second-order valence-electron chi connectivity index (χ2n) is 5.27. The van der Waals surface area contributed by atoms with Gasteiger partial charge in [0.15, 0.2) is 0 Å². The highest BCUT2D eigenvalue weighted by Gasteiger charge is 2.08. The van der Waals surface area contributed by atoms with E-state index in [4.69, 9.17) is 5.26 Å². The maximum atomic E-state index is 12.3. The SMILES string of the molecule is N#CCc1ccc(NC(=O)Cn2ncc3ccccc3c2=O)cc1. The molecule has 0 saturated heterocycles. The number of fused-ring (bicyclic) bond motifs is 1. The molecular weight excluding hydrogens is 304 g/mol. The molecule has 0 atom stereocenters. The molecule has 118 valence electrons. The van der Waals surface area contributed by atoms with Gasteiger partial charge in [-0.3, -0.25) is 9.59 Å². The van der Waals surface area contributed by atoms with Gasteiger partial charge in [-0.05, 0) is 23.8 Å². The van der Waals surface area contributed by atoms with Crippen LogP contribution in [-0.4, -0.2) is 15.7 Å². The summed E-state index contributed by atoms with van der Waals surface area (Å²) in [6.45, 7) is -0.163. The number of amides is 1. The van der Waals surface area contributed by atoms with Crippen LogP contribution >= 0.6 is 0 Å². The first-order valence-corrected chi connectivity index (χ1v) is 7.38. The molecular formula is C18H14N4O2. The third-order valence-electron chi connectivity index (χ3n) is 3.58. The van der Waals surface area contributed by atoms with Gasteiger partial charge in [0.25, 0.3) is 5.56 Å². The van der Waals surface area contributed by atoms with Crippen molar-refractivity contribution in [1.82, 2.24) is 9.78 Å². The molecule has 0 saturated carbocycles. The first kappa shape index (κ1) is 15.4. The van der Waals surface area contributed by atoms with Crippen molar-refractivity contribution in [3.63, 3.8) is 0 Å². The van der Waals surface area contributed by atoms with Gasteiger partial charge in [-0.25, -0.2) is 4.68 Å².